The maximum Gasteiger partial charge on any atom is 0.0781 e. The highest BCUT2D eigenvalue weighted by Crippen LogP contribution is 2.12. The summed E-state index contributed by atoms with van der Waals surface area (Å²) >= 11 is 0. The van der Waals surface area contributed by atoms with Crippen LogP contribution in [-0.4, -0.2) is 129 Å². The van der Waals surface area contributed by atoms with Crippen LogP contribution in [0.3, 0.4) is 0 Å². The van der Waals surface area contributed by atoms with E-state index in [1.165, 1.54) is 77.0 Å². The van der Waals surface area contributed by atoms with E-state index in [2.05, 4.69) is 13.8 Å². The van der Waals surface area contributed by atoms with Crippen molar-refractivity contribution in [3.05, 3.63) is 0 Å². The summed E-state index contributed by atoms with van der Waals surface area (Å²) in [5, 5.41) is 8.60. The van der Waals surface area contributed by atoms with Crippen LogP contribution in [0, 0.1) is 0 Å². The largest absolute Gasteiger partial charge is 0.394 e. The van der Waals surface area contributed by atoms with Crippen LogP contribution in [0.5, 0.6) is 0 Å². The zero-order valence-corrected chi connectivity index (χ0v) is 30.4. The highest BCUT2D eigenvalue weighted by atomic mass is 16.6. The molecule has 3 atom stereocenters. The molecule has 10 heteroatoms. The minimum atomic E-state index is -0.0161. The Morgan fingerprint density at radius 1 is 0.348 bits per heavy atom. The molecule has 0 fully saturated rings. The van der Waals surface area contributed by atoms with E-state index in [0.717, 1.165) is 13.0 Å². The molecule has 1 N–H and O–H groups in total. The molecule has 0 rings (SSSR count). The lowest BCUT2D eigenvalue weighted by Gasteiger charge is -2.20. The van der Waals surface area contributed by atoms with Gasteiger partial charge in [-0.25, -0.2) is 0 Å². The quantitative estimate of drug-likeness (QED) is 0.0741. The molecule has 0 saturated carbocycles. The zero-order valence-electron chi connectivity index (χ0n) is 30.4. The molecule has 0 aliphatic carbocycles. The monoisotopic (exact) mass is 667 g/mol. The van der Waals surface area contributed by atoms with Gasteiger partial charge >= 0.3 is 0 Å². The number of aliphatic hydroxyl groups excluding tert-OH is 1. The first kappa shape index (κ1) is 45.6. The molecular formula is C36H74O10. The molecule has 3 unspecified atom stereocenters. The predicted octanol–water partition coefficient (Wildman–Crippen LogP) is 6.38. The van der Waals surface area contributed by atoms with Crippen LogP contribution in [0.2, 0.25) is 0 Å². The summed E-state index contributed by atoms with van der Waals surface area (Å²) in [5.74, 6) is 0. The number of hydrogen-bond donors (Lipinski definition) is 1. The molecule has 0 spiro atoms. The van der Waals surface area contributed by atoms with E-state index in [9.17, 15) is 0 Å². The van der Waals surface area contributed by atoms with Gasteiger partial charge in [0.25, 0.3) is 0 Å². The lowest BCUT2D eigenvalue weighted by molar-refractivity contribution is -0.0854. The van der Waals surface area contributed by atoms with Gasteiger partial charge in [0.2, 0.25) is 0 Å². The number of rotatable bonds is 40. The van der Waals surface area contributed by atoms with Crippen molar-refractivity contribution in [2.75, 3.05) is 106 Å². The summed E-state index contributed by atoms with van der Waals surface area (Å²) in [6.07, 6.45) is 17.8. The third kappa shape index (κ3) is 38.1. The Bertz CT molecular complexity index is 557. The Balaban J connectivity index is 3.35. The summed E-state index contributed by atoms with van der Waals surface area (Å²) < 4.78 is 50.3. The lowest BCUT2D eigenvalue weighted by Crippen LogP contribution is -2.27. The van der Waals surface area contributed by atoms with Gasteiger partial charge in [-0.15, -0.1) is 0 Å². The molecule has 0 aromatic rings. The van der Waals surface area contributed by atoms with Gasteiger partial charge in [-0.1, -0.05) is 84.0 Å². The minimum absolute atomic E-state index is 0.00329. The van der Waals surface area contributed by atoms with Crippen LogP contribution in [-0.2, 0) is 42.6 Å². The molecule has 0 aliphatic rings. The average Bonchev–Trinajstić information content (AvgIpc) is 3.06. The first-order chi connectivity index (χ1) is 22.6. The molecule has 0 amide bonds. The second-order valence-electron chi connectivity index (χ2n) is 12.1. The first-order valence-electron chi connectivity index (χ1n) is 18.5. The third-order valence-electron chi connectivity index (χ3n) is 7.33. The second-order valence-corrected chi connectivity index (χ2v) is 12.1. The third-order valence-corrected chi connectivity index (χ3v) is 7.33. The van der Waals surface area contributed by atoms with Gasteiger partial charge in [0, 0.05) is 6.61 Å². The average molecular weight is 667 g/mol. The highest BCUT2D eigenvalue weighted by molar-refractivity contribution is 4.56. The summed E-state index contributed by atoms with van der Waals surface area (Å²) in [6, 6.07) is 0. The van der Waals surface area contributed by atoms with E-state index in [1.807, 2.05) is 13.8 Å². The topological polar surface area (TPSA) is 103 Å². The van der Waals surface area contributed by atoms with E-state index >= 15 is 0 Å². The molecule has 0 aromatic heterocycles. The van der Waals surface area contributed by atoms with Crippen molar-refractivity contribution in [1.82, 2.24) is 0 Å². The van der Waals surface area contributed by atoms with Crippen LogP contribution >= 0.6 is 0 Å². The van der Waals surface area contributed by atoms with Gasteiger partial charge in [-0.2, -0.15) is 0 Å². The van der Waals surface area contributed by atoms with Crippen molar-refractivity contribution in [3.8, 4) is 0 Å². The van der Waals surface area contributed by atoms with Gasteiger partial charge in [0.15, 0.2) is 0 Å². The van der Waals surface area contributed by atoms with Gasteiger partial charge in [-0.3, -0.25) is 0 Å². The lowest BCUT2D eigenvalue weighted by atomic mass is 10.0. The van der Waals surface area contributed by atoms with E-state index in [4.69, 9.17) is 47.7 Å². The van der Waals surface area contributed by atoms with Crippen molar-refractivity contribution in [2.24, 2.45) is 0 Å². The number of hydrogen-bond acceptors (Lipinski definition) is 10. The Morgan fingerprint density at radius 2 is 0.696 bits per heavy atom. The fraction of sp³-hybridized carbons (Fsp3) is 1.00. The highest BCUT2D eigenvalue weighted by Gasteiger charge is 2.10. The molecule has 0 aromatic carbocycles. The van der Waals surface area contributed by atoms with E-state index in [0.29, 0.717) is 92.5 Å². The molecule has 0 heterocycles. The summed E-state index contributed by atoms with van der Waals surface area (Å²) in [6.45, 7) is 16.3. The summed E-state index contributed by atoms with van der Waals surface area (Å²) in [4.78, 5) is 0. The Hall–Kier alpha value is -0.400. The maximum absolute atomic E-state index is 8.60. The molecule has 0 bridgehead atoms. The number of aliphatic hydroxyl groups is 1. The first-order valence-corrected chi connectivity index (χ1v) is 18.5. The number of unbranched alkanes of at least 4 members (excludes halogenated alkanes) is 12. The maximum atomic E-state index is 8.60. The van der Waals surface area contributed by atoms with Crippen molar-refractivity contribution in [3.63, 3.8) is 0 Å². The van der Waals surface area contributed by atoms with E-state index in [1.54, 1.807) is 0 Å². The van der Waals surface area contributed by atoms with Gasteiger partial charge in [-0.05, 0) is 27.2 Å². The van der Waals surface area contributed by atoms with Crippen LogP contribution in [0.1, 0.15) is 111 Å². The molecule has 278 valence electrons. The standard InChI is InChI=1S/C36H74O10/c1-5-6-7-8-9-10-11-12-13-14-15-16-17-19-43-31-34(2)45-33-36(4)46-32-35(3)44-30-29-42-28-27-41-26-25-40-24-23-39-22-21-38-20-18-37/h34-37H,5-33H2,1-4H3. The molecule has 0 saturated heterocycles. The van der Waals surface area contributed by atoms with Crippen LogP contribution < -0.4 is 0 Å². The minimum Gasteiger partial charge on any atom is -0.394 e. The number of ether oxygens (including phenoxy) is 9. The molecular weight excluding hydrogens is 592 g/mol. The summed E-state index contributed by atoms with van der Waals surface area (Å²) in [5.41, 5.74) is 0. The fourth-order valence-electron chi connectivity index (χ4n) is 4.57. The normalized spacial score (nSPS) is 13.8. The SMILES string of the molecule is CCCCCCCCCCCCCCCOCC(C)OCC(C)OCC(C)OCCOCCOCCOCCOCCOCCO. The van der Waals surface area contributed by atoms with Crippen LogP contribution in [0.25, 0.3) is 0 Å². The van der Waals surface area contributed by atoms with Gasteiger partial charge in [0.1, 0.15) is 0 Å². The fourth-order valence-corrected chi connectivity index (χ4v) is 4.57. The van der Waals surface area contributed by atoms with Crippen molar-refractivity contribution in [2.45, 2.75) is 129 Å². The van der Waals surface area contributed by atoms with Gasteiger partial charge < -0.3 is 47.7 Å². The van der Waals surface area contributed by atoms with Crippen LogP contribution in [0.4, 0.5) is 0 Å². The summed E-state index contributed by atoms with van der Waals surface area (Å²) in [7, 11) is 0. The smallest absolute Gasteiger partial charge is 0.0781 e. The van der Waals surface area contributed by atoms with Crippen molar-refractivity contribution >= 4 is 0 Å². The van der Waals surface area contributed by atoms with E-state index in [-0.39, 0.29) is 24.9 Å². The Labute approximate surface area is 282 Å². The zero-order chi connectivity index (χ0) is 33.6. The van der Waals surface area contributed by atoms with Crippen molar-refractivity contribution in [1.29, 1.82) is 0 Å². The van der Waals surface area contributed by atoms with Crippen molar-refractivity contribution < 1.29 is 47.7 Å². The molecule has 0 radical (unpaired) electrons. The molecule has 0 aliphatic heterocycles. The predicted molar refractivity (Wildman–Crippen MR) is 184 cm³/mol. The van der Waals surface area contributed by atoms with Crippen LogP contribution in [0.15, 0.2) is 0 Å². The Kier molecular flexibility index (Phi) is 38.7. The second kappa shape index (κ2) is 39.0. The molecule has 46 heavy (non-hydrogen) atoms. The molecule has 10 nitrogen and oxygen atoms in total. The van der Waals surface area contributed by atoms with Gasteiger partial charge in [0.05, 0.1) is 117 Å². The Morgan fingerprint density at radius 3 is 1.13 bits per heavy atom. The van der Waals surface area contributed by atoms with E-state index < -0.39 is 0 Å².